The maximum atomic E-state index is 14.7. The lowest BCUT2D eigenvalue weighted by molar-refractivity contribution is -0.111. The van der Waals surface area contributed by atoms with E-state index in [-0.39, 0.29) is 11.5 Å². The molecular formula is C36H44F2N8O3. The Balaban J connectivity index is 1.07. The molecule has 49 heavy (non-hydrogen) atoms. The Morgan fingerprint density at radius 1 is 0.939 bits per heavy atom. The summed E-state index contributed by atoms with van der Waals surface area (Å²) in [5.74, 6) is 0.0152. The van der Waals surface area contributed by atoms with E-state index in [9.17, 15) is 13.6 Å². The van der Waals surface area contributed by atoms with E-state index >= 15 is 0 Å². The van der Waals surface area contributed by atoms with E-state index in [1.165, 1.54) is 55.9 Å². The fraction of sp³-hybridized carbons (Fsp3) is 0.472. The van der Waals surface area contributed by atoms with Gasteiger partial charge in [-0.15, -0.1) is 0 Å². The number of carbonyl (C=O) groups is 1. The molecule has 2 aromatic carbocycles. The first kappa shape index (κ1) is 33.2. The Morgan fingerprint density at radius 2 is 1.67 bits per heavy atom. The molecule has 13 heteroatoms. The van der Waals surface area contributed by atoms with Gasteiger partial charge in [-0.3, -0.25) is 19.4 Å². The van der Waals surface area contributed by atoms with E-state index in [1.54, 1.807) is 13.2 Å². The third-order valence-corrected chi connectivity index (χ3v) is 10.4. The summed E-state index contributed by atoms with van der Waals surface area (Å²) < 4.78 is 34.5. The molecule has 260 valence electrons. The van der Waals surface area contributed by atoms with Crippen LogP contribution in [0.3, 0.4) is 0 Å². The molecule has 11 nitrogen and oxygen atoms in total. The zero-order chi connectivity index (χ0) is 33.9. The van der Waals surface area contributed by atoms with Gasteiger partial charge >= 0.3 is 0 Å². The van der Waals surface area contributed by atoms with Crippen molar-refractivity contribution < 1.29 is 23.1 Å². The second kappa shape index (κ2) is 14.7. The number of nitrogens with zero attached hydrogens (tertiary/aromatic N) is 6. The number of piperazine rings is 1. The van der Waals surface area contributed by atoms with Crippen LogP contribution in [-0.4, -0.2) is 90.7 Å². The Labute approximate surface area is 285 Å². The quantitative estimate of drug-likeness (QED) is 0.263. The molecule has 0 spiro atoms. The molecule has 3 saturated heterocycles. The molecule has 1 unspecified atom stereocenters. The van der Waals surface area contributed by atoms with Crippen molar-refractivity contribution in [3.05, 3.63) is 72.6 Å². The predicted molar refractivity (Wildman–Crippen MR) is 185 cm³/mol. The van der Waals surface area contributed by atoms with E-state index in [4.69, 9.17) is 9.57 Å². The number of ether oxygens (including phenoxy) is 1. The maximum absolute atomic E-state index is 14.7. The average molecular weight is 675 g/mol. The number of nitrogens with one attached hydrogen (secondary N) is 2. The second-order valence-corrected chi connectivity index (χ2v) is 13.2. The molecule has 1 amide bonds. The lowest BCUT2D eigenvalue weighted by Gasteiger charge is -2.46. The van der Waals surface area contributed by atoms with Crippen molar-refractivity contribution in [3.8, 4) is 5.75 Å². The monoisotopic (exact) mass is 674 g/mol. The molecule has 3 aromatic rings. The van der Waals surface area contributed by atoms with Crippen LogP contribution in [0.1, 0.15) is 50.1 Å². The zero-order valence-corrected chi connectivity index (χ0v) is 27.9. The number of hydrogen-bond acceptors (Lipinski definition) is 10. The summed E-state index contributed by atoms with van der Waals surface area (Å²) in [6.07, 6.45) is 9.26. The Hall–Kier alpha value is -4.33. The first-order chi connectivity index (χ1) is 23.9. The fourth-order valence-corrected chi connectivity index (χ4v) is 7.49. The normalized spacial score (nSPS) is 21.0. The SMILES string of the molecule is C=CC(=O)Nc1cc(Nc2cc(N3OCCC3c3cc(F)ccc3F)ncn2)c(OC)cc1N1CCC(N2CCN(C3CCC3)CC2)CC1. The van der Waals surface area contributed by atoms with Crippen molar-refractivity contribution >= 4 is 34.6 Å². The van der Waals surface area contributed by atoms with E-state index in [2.05, 4.69) is 41.9 Å². The molecule has 0 bridgehead atoms. The first-order valence-electron chi connectivity index (χ1n) is 17.2. The van der Waals surface area contributed by atoms with Crippen molar-refractivity contribution in [1.82, 2.24) is 19.8 Å². The van der Waals surface area contributed by atoms with Gasteiger partial charge in [-0.05, 0) is 56.0 Å². The van der Waals surface area contributed by atoms with Crippen molar-refractivity contribution in [1.29, 1.82) is 0 Å². The van der Waals surface area contributed by atoms with Crippen LogP contribution in [0.15, 0.2) is 55.4 Å². The minimum Gasteiger partial charge on any atom is -0.494 e. The highest BCUT2D eigenvalue weighted by molar-refractivity contribution is 6.02. The third-order valence-electron chi connectivity index (χ3n) is 10.4. The van der Waals surface area contributed by atoms with Gasteiger partial charge in [-0.1, -0.05) is 13.0 Å². The molecule has 2 N–H and O–H groups in total. The van der Waals surface area contributed by atoms with Gasteiger partial charge in [0.05, 0.1) is 36.8 Å². The number of carbonyl (C=O) groups excluding carboxylic acids is 1. The smallest absolute Gasteiger partial charge is 0.247 e. The van der Waals surface area contributed by atoms with Crippen LogP contribution in [0.25, 0.3) is 0 Å². The molecule has 1 aromatic heterocycles. The number of methoxy groups -OCH3 is 1. The maximum Gasteiger partial charge on any atom is 0.247 e. The molecule has 3 aliphatic heterocycles. The van der Waals surface area contributed by atoms with E-state index in [0.29, 0.717) is 47.8 Å². The molecule has 1 aliphatic carbocycles. The topological polar surface area (TPSA) is 98.3 Å². The number of benzene rings is 2. The molecular weight excluding hydrogens is 630 g/mol. The number of hydrogen-bond donors (Lipinski definition) is 2. The number of hydroxylamine groups is 1. The van der Waals surface area contributed by atoms with E-state index in [0.717, 1.165) is 62.9 Å². The summed E-state index contributed by atoms with van der Waals surface area (Å²) in [5, 5.41) is 7.77. The minimum absolute atomic E-state index is 0.195. The second-order valence-electron chi connectivity index (χ2n) is 13.2. The number of anilines is 5. The number of halogens is 2. The average Bonchev–Trinajstić information content (AvgIpc) is 3.59. The largest absolute Gasteiger partial charge is 0.494 e. The predicted octanol–water partition coefficient (Wildman–Crippen LogP) is 5.65. The molecule has 1 atom stereocenters. The van der Waals surface area contributed by atoms with Crippen molar-refractivity contribution in [3.63, 3.8) is 0 Å². The van der Waals surface area contributed by atoms with Gasteiger partial charge in [0.25, 0.3) is 0 Å². The molecule has 4 fully saturated rings. The highest BCUT2D eigenvalue weighted by Gasteiger charge is 2.33. The highest BCUT2D eigenvalue weighted by Crippen LogP contribution is 2.41. The van der Waals surface area contributed by atoms with Crippen molar-refractivity contribution in [2.75, 3.05) is 73.6 Å². The molecule has 4 aliphatic rings. The van der Waals surface area contributed by atoms with Gasteiger partial charge in [-0.2, -0.15) is 0 Å². The van der Waals surface area contributed by atoms with Crippen LogP contribution < -0.4 is 25.3 Å². The summed E-state index contributed by atoms with van der Waals surface area (Å²) in [5.41, 5.74) is 2.27. The zero-order valence-electron chi connectivity index (χ0n) is 27.9. The molecule has 0 radical (unpaired) electrons. The van der Waals surface area contributed by atoms with Crippen LogP contribution in [0.2, 0.25) is 0 Å². The van der Waals surface area contributed by atoms with Gasteiger partial charge in [-0.25, -0.2) is 23.8 Å². The van der Waals surface area contributed by atoms with Crippen molar-refractivity contribution in [2.24, 2.45) is 0 Å². The number of aromatic nitrogens is 2. The van der Waals surface area contributed by atoms with Gasteiger partial charge in [0.15, 0.2) is 5.82 Å². The van der Waals surface area contributed by atoms with Gasteiger partial charge in [0.1, 0.15) is 29.5 Å². The first-order valence-corrected chi connectivity index (χ1v) is 17.2. The highest BCUT2D eigenvalue weighted by atomic mass is 19.1. The number of amides is 1. The van der Waals surface area contributed by atoms with Gasteiger partial charge in [0.2, 0.25) is 5.91 Å². The lowest BCUT2D eigenvalue weighted by Crippen LogP contribution is -2.56. The summed E-state index contributed by atoms with van der Waals surface area (Å²) in [7, 11) is 1.60. The van der Waals surface area contributed by atoms with Crippen LogP contribution in [0.4, 0.5) is 37.5 Å². The van der Waals surface area contributed by atoms with E-state index in [1.807, 2.05) is 12.1 Å². The summed E-state index contributed by atoms with van der Waals surface area (Å²) >= 11 is 0. The summed E-state index contributed by atoms with van der Waals surface area (Å²) in [6.45, 7) is 10.3. The molecule has 4 heterocycles. The Morgan fingerprint density at radius 3 is 2.35 bits per heavy atom. The van der Waals surface area contributed by atoms with Gasteiger partial charge < -0.3 is 20.3 Å². The number of rotatable bonds is 10. The van der Waals surface area contributed by atoms with Gasteiger partial charge in [0, 0.05) is 75.5 Å². The minimum atomic E-state index is -0.561. The number of piperidine rings is 1. The van der Waals surface area contributed by atoms with Crippen LogP contribution in [-0.2, 0) is 9.63 Å². The lowest BCUT2D eigenvalue weighted by atomic mass is 9.91. The van der Waals surface area contributed by atoms with Crippen LogP contribution in [0.5, 0.6) is 5.75 Å². The van der Waals surface area contributed by atoms with Crippen molar-refractivity contribution in [2.45, 2.75) is 56.7 Å². The van der Waals surface area contributed by atoms with E-state index < -0.39 is 17.7 Å². The summed E-state index contributed by atoms with van der Waals surface area (Å²) in [6, 6.07) is 9.64. The fourth-order valence-electron chi connectivity index (χ4n) is 7.49. The molecule has 1 saturated carbocycles. The third kappa shape index (κ3) is 7.19. The van der Waals surface area contributed by atoms with Crippen LogP contribution in [0, 0.1) is 11.6 Å². The standard InChI is InChI=1S/C36H44F2N8O3/c1-3-36(47)42-29-20-30(41-34-22-35(40-23-39-34)46-31(11-18-49-46)27-19-24(37)7-8-28(27)38)33(48-2)21-32(29)45-12-9-26(10-13-45)44-16-14-43(15-17-44)25-5-4-6-25/h3,7-8,19-23,25-26,31H,1,4-6,9-18H2,2H3,(H,42,47)(H,39,40,41). The molecule has 7 rings (SSSR count). The Bertz CT molecular complexity index is 1660. The Kier molecular flexibility index (Phi) is 9.92. The summed E-state index contributed by atoms with van der Waals surface area (Å²) in [4.78, 5) is 34.8. The van der Waals surface area contributed by atoms with Crippen LogP contribution >= 0.6 is 0 Å².